The Kier molecular flexibility index (Phi) is 6.70. The van der Waals surface area contributed by atoms with E-state index in [4.69, 9.17) is 9.47 Å². The van der Waals surface area contributed by atoms with E-state index in [2.05, 4.69) is 0 Å². The molecule has 3 fully saturated rings. The quantitative estimate of drug-likeness (QED) is 0.762. The van der Waals surface area contributed by atoms with Gasteiger partial charge in [-0.25, -0.2) is 0 Å². The van der Waals surface area contributed by atoms with Gasteiger partial charge >= 0.3 is 0 Å². The van der Waals surface area contributed by atoms with Crippen molar-refractivity contribution < 1.29 is 19.1 Å². The number of amides is 2. The van der Waals surface area contributed by atoms with Gasteiger partial charge < -0.3 is 19.3 Å². The van der Waals surface area contributed by atoms with Crippen molar-refractivity contribution in [2.75, 3.05) is 39.4 Å². The molecule has 1 aromatic carbocycles. The Labute approximate surface area is 173 Å². The van der Waals surface area contributed by atoms with Crippen molar-refractivity contribution in [3.63, 3.8) is 0 Å². The van der Waals surface area contributed by atoms with E-state index in [1.165, 1.54) is 6.42 Å². The summed E-state index contributed by atoms with van der Waals surface area (Å²) in [6, 6.07) is 7.37. The monoisotopic (exact) mass is 400 g/mol. The zero-order valence-electron chi connectivity index (χ0n) is 17.2. The molecule has 29 heavy (non-hydrogen) atoms. The third-order valence-electron chi connectivity index (χ3n) is 6.36. The summed E-state index contributed by atoms with van der Waals surface area (Å²) in [6.45, 7) is 4.49. The van der Waals surface area contributed by atoms with Crippen LogP contribution in [-0.2, 0) is 9.53 Å². The van der Waals surface area contributed by atoms with Gasteiger partial charge in [-0.3, -0.25) is 9.59 Å². The largest absolute Gasteiger partial charge is 0.491 e. The number of carbonyl (C=O) groups excluding carboxylic acids is 2. The van der Waals surface area contributed by atoms with Crippen LogP contribution in [0.5, 0.6) is 5.75 Å². The maximum Gasteiger partial charge on any atom is 0.253 e. The van der Waals surface area contributed by atoms with Crippen molar-refractivity contribution in [2.45, 2.75) is 51.0 Å². The molecule has 0 aliphatic carbocycles. The molecule has 0 bridgehead atoms. The highest BCUT2D eigenvalue weighted by molar-refractivity contribution is 5.94. The van der Waals surface area contributed by atoms with Gasteiger partial charge in [0.2, 0.25) is 5.91 Å². The standard InChI is InChI=1S/C23H32N2O4/c26-22(18-6-8-20(9-7-18)29-17-21-5-4-16-28-21)25-14-10-19(11-15-25)23(27)24-12-2-1-3-13-24/h6-9,19,21H,1-5,10-17H2. The summed E-state index contributed by atoms with van der Waals surface area (Å²) in [5.74, 6) is 1.18. The lowest BCUT2D eigenvalue weighted by Gasteiger charge is -2.35. The van der Waals surface area contributed by atoms with Crippen molar-refractivity contribution in [1.82, 2.24) is 9.80 Å². The maximum absolute atomic E-state index is 12.8. The number of hydrogen-bond acceptors (Lipinski definition) is 4. The number of benzene rings is 1. The molecule has 0 radical (unpaired) electrons. The highest BCUT2D eigenvalue weighted by Crippen LogP contribution is 2.24. The molecule has 158 valence electrons. The smallest absolute Gasteiger partial charge is 0.253 e. The molecule has 3 aliphatic heterocycles. The highest BCUT2D eigenvalue weighted by Gasteiger charge is 2.31. The molecular weight excluding hydrogens is 368 g/mol. The van der Waals surface area contributed by atoms with Gasteiger partial charge in [0.1, 0.15) is 12.4 Å². The van der Waals surface area contributed by atoms with Gasteiger partial charge in [0.15, 0.2) is 0 Å². The van der Waals surface area contributed by atoms with Crippen LogP contribution in [0, 0.1) is 5.92 Å². The van der Waals surface area contributed by atoms with E-state index in [9.17, 15) is 9.59 Å². The van der Waals surface area contributed by atoms with E-state index in [1.807, 2.05) is 34.1 Å². The molecule has 1 unspecified atom stereocenters. The van der Waals surface area contributed by atoms with Gasteiger partial charge in [-0.05, 0) is 69.2 Å². The van der Waals surface area contributed by atoms with Crippen LogP contribution >= 0.6 is 0 Å². The Morgan fingerprint density at radius 1 is 0.897 bits per heavy atom. The minimum Gasteiger partial charge on any atom is -0.491 e. The van der Waals surface area contributed by atoms with Crippen molar-refractivity contribution in [3.05, 3.63) is 29.8 Å². The predicted molar refractivity (Wildman–Crippen MR) is 110 cm³/mol. The fourth-order valence-corrected chi connectivity index (χ4v) is 4.54. The molecule has 0 N–H and O–H groups in total. The van der Waals surface area contributed by atoms with Crippen LogP contribution < -0.4 is 4.74 Å². The molecule has 3 saturated heterocycles. The Morgan fingerprint density at radius 3 is 2.28 bits per heavy atom. The minimum atomic E-state index is 0.0412. The lowest BCUT2D eigenvalue weighted by Crippen LogP contribution is -2.45. The molecule has 1 aromatic rings. The molecule has 0 aromatic heterocycles. The summed E-state index contributed by atoms with van der Waals surface area (Å²) < 4.78 is 11.3. The number of ether oxygens (including phenoxy) is 2. The van der Waals surface area contributed by atoms with Gasteiger partial charge in [0, 0.05) is 44.3 Å². The van der Waals surface area contributed by atoms with Gasteiger partial charge in [0.25, 0.3) is 5.91 Å². The normalized spacial score (nSPS) is 23.2. The third kappa shape index (κ3) is 5.10. The van der Waals surface area contributed by atoms with Crippen molar-refractivity contribution in [3.8, 4) is 5.75 Å². The Morgan fingerprint density at radius 2 is 1.62 bits per heavy atom. The topological polar surface area (TPSA) is 59.1 Å². The molecule has 3 aliphatic rings. The summed E-state index contributed by atoms with van der Waals surface area (Å²) in [5.41, 5.74) is 0.676. The first kappa shape index (κ1) is 20.2. The molecule has 6 heteroatoms. The van der Waals surface area contributed by atoms with Crippen molar-refractivity contribution >= 4 is 11.8 Å². The van der Waals surface area contributed by atoms with E-state index >= 15 is 0 Å². The first-order valence-corrected chi connectivity index (χ1v) is 11.1. The van der Waals surface area contributed by atoms with E-state index in [0.29, 0.717) is 31.2 Å². The summed E-state index contributed by atoms with van der Waals surface area (Å²) in [6.07, 6.45) is 7.34. The second-order valence-corrected chi connectivity index (χ2v) is 8.42. The van der Waals surface area contributed by atoms with E-state index in [0.717, 1.165) is 64.0 Å². The lowest BCUT2D eigenvalue weighted by atomic mass is 9.94. The van der Waals surface area contributed by atoms with Crippen LogP contribution in [-0.4, -0.2) is 67.1 Å². The molecule has 0 saturated carbocycles. The molecule has 2 amide bonds. The highest BCUT2D eigenvalue weighted by atomic mass is 16.5. The number of rotatable bonds is 5. The van der Waals surface area contributed by atoms with Crippen LogP contribution in [0.15, 0.2) is 24.3 Å². The average Bonchev–Trinajstić information content (AvgIpc) is 3.31. The number of carbonyl (C=O) groups is 2. The van der Waals surface area contributed by atoms with E-state index in [-0.39, 0.29) is 17.9 Å². The third-order valence-corrected chi connectivity index (χ3v) is 6.36. The number of nitrogens with zero attached hydrogens (tertiary/aromatic N) is 2. The molecule has 4 rings (SSSR count). The second-order valence-electron chi connectivity index (χ2n) is 8.42. The van der Waals surface area contributed by atoms with Crippen LogP contribution in [0.4, 0.5) is 0 Å². The molecule has 1 atom stereocenters. The number of piperidine rings is 2. The van der Waals surface area contributed by atoms with Crippen LogP contribution in [0.2, 0.25) is 0 Å². The van der Waals surface area contributed by atoms with Gasteiger partial charge in [0.05, 0.1) is 6.10 Å². The zero-order chi connectivity index (χ0) is 20.1. The zero-order valence-corrected chi connectivity index (χ0v) is 17.2. The van der Waals surface area contributed by atoms with E-state index < -0.39 is 0 Å². The van der Waals surface area contributed by atoms with Crippen molar-refractivity contribution in [2.24, 2.45) is 5.92 Å². The molecule has 6 nitrogen and oxygen atoms in total. The molecule has 0 spiro atoms. The fraction of sp³-hybridized carbons (Fsp3) is 0.652. The van der Waals surface area contributed by atoms with E-state index in [1.54, 1.807) is 0 Å². The van der Waals surface area contributed by atoms with Gasteiger partial charge in [-0.15, -0.1) is 0 Å². The number of likely N-dealkylation sites (tertiary alicyclic amines) is 2. The molecule has 3 heterocycles. The first-order valence-electron chi connectivity index (χ1n) is 11.1. The lowest BCUT2D eigenvalue weighted by molar-refractivity contribution is -0.137. The Balaban J connectivity index is 1.25. The van der Waals surface area contributed by atoms with Gasteiger partial charge in [-0.2, -0.15) is 0 Å². The summed E-state index contributed by atoms with van der Waals surface area (Å²) in [5, 5.41) is 0. The molecular formula is C23H32N2O4. The van der Waals surface area contributed by atoms with Gasteiger partial charge in [-0.1, -0.05) is 0 Å². The predicted octanol–water partition coefficient (Wildman–Crippen LogP) is 3.11. The Hall–Kier alpha value is -2.08. The van der Waals surface area contributed by atoms with Crippen LogP contribution in [0.25, 0.3) is 0 Å². The fourth-order valence-electron chi connectivity index (χ4n) is 4.54. The summed E-state index contributed by atoms with van der Waals surface area (Å²) in [4.78, 5) is 29.4. The SMILES string of the molecule is O=C(c1ccc(OCC2CCCO2)cc1)N1CCC(C(=O)N2CCCCC2)CC1. The second kappa shape index (κ2) is 9.61. The first-order chi connectivity index (χ1) is 14.2. The number of hydrogen-bond donors (Lipinski definition) is 0. The summed E-state index contributed by atoms with van der Waals surface area (Å²) in [7, 11) is 0. The average molecular weight is 401 g/mol. The minimum absolute atomic E-state index is 0.0412. The maximum atomic E-state index is 12.8. The van der Waals surface area contributed by atoms with Crippen LogP contribution in [0.3, 0.4) is 0 Å². The Bertz CT molecular complexity index is 685. The van der Waals surface area contributed by atoms with Crippen molar-refractivity contribution in [1.29, 1.82) is 0 Å². The van der Waals surface area contributed by atoms with Crippen LogP contribution in [0.1, 0.15) is 55.3 Å². The summed E-state index contributed by atoms with van der Waals surface area (Å²) >= 11 is 0.